The Hall–Kier alpha value is -0.680. The molecule has 0 aliphatic carbocycles. The Bertz CT molecular complexity index is 232. The number of carbonyl (C=O) groups excluding carboxylic acids is 1. The van der Waals surface area contributed by atoms with Gasteiger partial charge in [-0.2, -0.15) is 0 Å². The fraction of sp³-hybridized carbons (Fsp3) is 0.778. The first-order chi connectivity index (χ1) is 6.58. The van der Waals surface area contributed by atoms with Crippen molar-refractivity contribution in [3.05, 3.63) is 0 Å². The first kappa shape index (κ1) is 11.4. The van der Waals surface area contributed by atoms with Crippen LogP contribution in [0.1, 0.15) is 19.8 Å². The van der Waals surface area contributed by atoms with Gasteiger partial charge in [0.2, 0.25) is 5.91 Å². The van der Waals surface area contributed by atoms with E-state index in [0.29, 0.717) is 11.0 Å². The van der Waals surface area contributed by atoms with Crippen molar-refractivity contribution in [3.63, 3.8) is 0 Å². The van der Waals surface area contributed by atoms with Gasteiger partial charge in [0.1, 0.15) is 0 Å². The largest absolute Gasteiger partial charge is 0.393 e. The van der Waals surface area contributed by atoms with Crippen molar-refractivity contribution in [3.8, 4) is 0 Å². The van der Waals surface area contributed by atoms with Gasteiger partial charge in [-0.05, 0) is 6.42 Å². The van der Waals surface area contributed by atoms with Gasteiger partial charge in [-0.15, -0.1) is 0 Å². The Kier molecular flexibility index (Phi) is 4.28. The molecule has 1 atom stereocenters. The quantitative estimate of drug-likeness (QED) is 0.642. The minimum absolute atomic E-state index is 0.0474. The van der Waals surface area contributed by atoms with E-state index < -0.39 is 0 Å². The van der Waals surface area contributed by atoms with Crippen LogP contribution in [0.3, 0.4) is 0 Å². The number of hydrogen-bond acceptors (Lipinski definition) is 3. The number of amides is 1. The zero-order valence-corrected chi connectivity index (χ0v) is 9.27. The van der Waals surface area contributed by atoms with E-state index in [0.717, 1.165) is 32.5 Å². The lowest BCUT2D eigenvalue weighted by molar-refractivity contribution is -0.119. The van der Waals surface area contributed by atoms with Crippen molar-refractivity contribution >= 4 is 23.1 Å². The summed E-state index contributed by atoms with van der Waals surface area (Å²) in [7, 11) is 0. The molecule has 5 heteroatoms. The number of nitrogens with two attached hydrogens (primary N) is 1. The van der Waals surface area contributed by atoms with Crippen LogP contribution in [0.25, 0.3) is 0 Å². The molecule has 1 unspecified atom stereocenters. The van der Waals surface area contributed by atoms with Gasteiger partial charge >= 0.3 is 0 Å². The third-order valence-corrected chi connectivity index (χ3v) is 2.56. The van der Waals surface area contributed by atoms with E-state index in [2.05, 4.69) is 10.2 Å². The lowest BCUT2D eigenvalue weighted by atomic mass is 10.2. The summed E-state index contributed by atoms with van der Waals surface area (Å²) in [5, 5.41) is 2.91. The van der Waals surface area contributed by atoms with Crippen molar-refractivity contribution in [1.82, 2.24) is 10.2 Å². The van der Waals surface area contributed by atoms with E-state index in [-0.39, 0.29) is 5.91 Å². The van der Waals surface area contributed by atoms with Crippen molar-refractivity contribution < 1.29 is 4.79 Å². The molecule has 0 spiro atoms. The third kappa shape index (κ3) is 4.02. The summed E-state index contributed by atoms with van der Waals surface area (Å²) in [5.41, 5.74) is 5.42. The highest BCUT2D eigenvalue weighted by atomic mass is 32.1. The lowest BCUT2D eigenvalue weighted by Crippen LogP contribution is -2.36. The highest BCUT2D eigenvalue weighted by Gasteiger charge is 2.22. The van der Waals surface area contributed by atoms with Gasteiger partial charge in [0.05, 0.1) is 4.99 Å². The van der Waals surface area contributed by atoms with Crippen LogP contribution >= 0.6 is 12.2 Å². The highest BCUT2D eigenvalue weighted by molar-refractivity contribution is 7.80. The maximum atomic E-state index is 10.8. The summed E-state index contributed by atoms with van der Waals surface area (Å²) < 4.78 is 0. The van der Waals surface area contributed by atoms with Gasteiger partial charge in [0, 0.05) is 39.0 Å². The summed E-state index contributed by atoms with van der Waals surface area (Å²) in [6.07, 6.45) is 1.79. The zero-order chi connectivity index (χ0) is 10.6. The van der Waals surface area contributed by atoms with E-state index >= 15 is 0 Å². The number of nitrogens with zero attached hydrogens (tertiary/aromatic N) is 1. The molecule has 4 nitrogen and oxygen atoms in total. The van der Waals surface area contributed by atoms with Gasteiger partial charge in [0.25, 0.3) is 0 Å². The Morgan fingerprint density at radius 3 is 3.00 bits per heavy atom. The molecule has 80 valence electrons. The Morgan fingerprint density at radius 2 is 2.43 bits per heavy atom. The lowest BCUT2D eigenvalue weighted by Gasteiger charge is -2.15. The molecule has 14 heavy (non-hydrogen) atoms. The van der Waals surface area contributed by atoms with Crippen LogP contribution in [-0.2, 0) is 4.79 Å². The summed E-state index contributed by atoms with van der Waals surface area (Å²) in [6, 6.07) is 0.304. The molecule has 0 radical (unpaired) electrons. The van der Waals surface area contributed by atoms with Gasteiger partial charge in [-0.3, -0.25) is 4.79 Å². The Labute approximate surface area is 89.8 Å². The number of likely N-dealkylation sites (tertiary alicyclic amines) is 1. The maximum Gasteiger partial charge on any atom is 0.217 e. The smallest absolute Gasteiger partial charge is 0.217 e. The molecular formula is C9H17N3OS. The van der Waals surface area contributed by atoms with E-state index in [1.807, 2.05) is 0 Å². The van der Waals surface area contributed by atoms with Crippen molar-refractivity contribution in [2.45, 2.75) is 25.8 Å². The SMILES string of the molecule is CC(=O)NC1CCN(CCC(N)=S)C1. The normalized spacial score (nSPS) is 22.2. The molecule has 0 aromatic rings. The van der Waals surface area contributed by atoms with Crippen molar-refractivity contribution in [2.75, 3.05) is 19.6 Å². The van der Waals surface area contributed by atoms with Gasteiger partial charge < -0.3 is 16.0 Å². The summed E-state index contributed by atoms with van der Waals surface area (Å²) in [6.45, 7) is 4.40. The van der Waals surface area contributed by atoms with Crippen LogP contribution in [0.2, 0.25) is 0 Å². The van der Waals surface area contributed by atoms with Crippen LogP contribution in [0.5, 0.6) is 0 Å². The summed E-state index contributed by atoms with van der Waals surface area (Å²) in [5.74, 6) is 0.0474. The predicted molar refractivity (Wildman–Crippen MR) is 60.1 cm³/mol. The van der Waals surface area contributed by atoms with E-state index in [9.17, 15) is 4.79 Å². The standard InChI is InChI=1S/C9H17N3OS/c1-7(13)11-8-2-4-12(6-8)5-3-9(10)14/h8H,2-6H2,1H3,(H2,10,14)(H,11,13). The highest BCUT2D eigenvalue weighted by Crippen LogP contribution is 2.09. The van der Waals surface area contributed by atoms with Gasteiger partial charge in [-0.1, -0.05) is 12.2 Å². The minimum atomic E-state index is 0.0474. The first-order valence-electron chi connectivity index (χ1n) is 4.85. The number of carbonyl (C=O) groups is 1. The fourth-order valence-corrected chi connectivity index (χ4v) is 1.80. The molecule has 1 rings (SSSR count). The van der Waals surface area contributed by atoms with Gasteiger partial charge in [0.15, 0.2) is 0 Å². The van der Waals surface area contributed by atoms with Gasteiger partial charge in [-0.25, -0.2) is 0 Å². The average Bonchev–Trinajstić information content (AvgIpc) is 2.47. The Balaban J connectivity index is 2.20. The molecule has 0 aromatic heterocycles. The summed E-state index contributed by atoms with van der Waals surface area (Å²) >= 11 is 4.81. The van der Waals surface area contributed by atoms with E-state index in [4.69, 9.17) is 18.0 Å². The molecule has 1 aliphatic heterocycles. The second-order valence-corrected chi connectivity index (χ2v) is 4.23. The maximum absolute atomic E-state index is 10.8. The third-order valence-electron chi connectivity index (χ3n) is 2.35. The Morgan fingerprint density at radius 1 is 1.71 bits per heavy atom. The molecule has 1 fully saturated rings. The fourth-order valence-electron chi connectivity index (χ4n) is 1.71. The molecular weight excluding hydrogens is 198 g/mol. The van der Waals surface area contributed by atoms with E-state index in [1.165, 1.54) is 0 Å². The zero-order valence-electron chi connectivity index (χ0n) is 8.45. The number of nitrogens with one attached hydrogen (secondary N) is 1. The molecule has 1 heterocycles. The molecule has 3 N–H and O–H groups in total. The second kappa shape index (κ2) is 5.26. The first-order valence-corrected chi connectivity index (χ1v) is 5.26. The van der Waals surface area contributed by atoms with Crippen LogP contribution in [-0.4, -0.2) is 41.5 Å². The molecule has 0 saturated carbocycles. The number of rotatable bonds is 4. The van der Waals surface area contributed by atoms with Crippen molar-refractivity contribution in [1.29, 1.82) is 0 Å². The minimum Gasteiger partial charge on any atom is -0.393 e. The number of thiocarbonyl (C=S) groups is 1. The van der Waals surface area contributed by atoms with Crippen molar-refractivity contribution in [2.24, 2.45) is 5.73 Å². The number of hydrogen-bond donors (Lipinski definition) is 2. The topological polar surface area (TPSA) is 58.4 Å². The summed E-state index contributed by atoms with van der Waals surface area (Å²) in [4.78, 5) is 13.6. The molecule has 1 amide bonds. The van der Waals surface area contributed by atoms with Crippen LogP contribution in [0, 0.1) is 0 Å². The molecule has 0 aromatic carbocycles. The monoisotopic (exact) mass is 215 g/mol. The second-order valence-electron chi connectivity index (χ2n) is 3.70. The molecule has 1 saturated heterocycles. The molecule has 0 bridgehead atoms. The molecule has 1 aliphatic rings. The van der Waals surface area contributed by atoms with E-state index in [1.54, 1.807) is 6.92 Å². The van der Waals surface area contributed by atoms with Crippen LogP contribution < -0.4 is 11.1 Å². The average molecular weight is 215 g/mol. The predicted octanol–water partition coefficient (Wildman–Crippen LogP) is -0.127. The van der Waals surface area contributed by atoms with Crippen LogP contribution in [0.4, 0.5) is 0 Å². The van der Waals surface area contributed by atoms with Crippen LogP contribution in [0.15, 0.2) is 0 Å².